The third-order valence-electron chi connectivity index (χ3n) is 2.44. The number of nitrogens with zero attached hydrogens (tertiary/aromatic N) is 1. The van der Waals surface area contributed by atoms with Gasteiger partial charge in [0, 0.05) is 17.9 Å². The molecule has 1 heterocycles. The van der Waals surface area contributed by atoms with Gasteiger partial charge in [-0.15, -0.1) is 0 Å². The van der Waals surface area contributed by atoms with Gasteiger partial charge in [-0.05, 0) is 31.4 Å². The van der Waals surface area contributed by atoms with Crippen molar-refractivity contribution < 1.29 is 10.0 Å². The first kappa shape index (κ1) is 11.9. The topological polar surface area (TPSA) is 53.4 Å². The van der Waals surface area contributed by atoms with Gasteiger partial charge in [0.15, 0.2) is 0 Å². The summed E-state index contributed by atoms with van der Waals surface area (Å²) in [6.07, 6.45) is 6.14. The molecule has 1 aromatic rings. The van der Waals surface area contributed by atoms with E-state index in [0.29, 0.717) is 5.46 Å². The highest BCUT2D eigenvalue weighted by Crippen LogP contribution is 2.11. The van der Waals surface area contributed by atoms with E-state index in [2.05, 4.69) is 11.9 Å². The lowest BCUT2D eigenvalue weighted by Crippen LogP contribution is -2.33. The van der Waals surface area contributed by atoms with Crippen LogP contribution in [0, 0.1) is 6.92 Å². The first-order valence-electron chi connectivity index (χ1n) is 5.04. The monoisotopic (exact) mass is 205 g/mol. The number of rotatable bonds is 3. The van der Waals surface area contributed by atoms with Crippen molar-refractivity contribution in [2.75, 3.05) is 0 Å². The average molecular weight is 205 g/mol. The van der Waals surface area contributed by atoms with Crippen LogP contribution in [0.1, 0.15) is 31.4 Å². The molecule has 0 saturated heterocycles. The molecule has 0 bridgehead atoms. The van der Waals surface area contributed by atoms with Gasteiger partial charge >= 0.3 is 7.12 Å². The van der Waals surface area contributed by atoms with Gasteiger partial charge in [-0.25, -0.2) is 0 Å². The lowest BCUT2D eigenvalue weighted by Gasteiger charge is -2.08. The Hall–Kier alpha value is -1.13. The maximum Gasteiger partial charge on any atom is 0.490 e. The van der Waals surface area contributed by atoms with Crippen LogP contribution in [0.4, 0.5) is 0 Å². The van der Waals surface area contributed by atoms with Gasteiger partial charge in [0.2, 0.25) is 0 Å². The zero-order valence-electron chi connectivity index (χ0n) is 9.36. The molecule has 0 unspecified atom stereocenters. The first-order valence-corrected chi connectivity index (χ1v) is 5.04. The molecule has 80 valence electrons. The number of hydrogen-bond acceptors (Lipinski definition) is 3. The molecule has 0 amide bonds. The Morgan fingerprint density at radius 3 is 2.67 bits per heavy atom. The lowest BCUT2D eigenvalue weighted by molar-refractivity contribution is 0.425. The van der Waals surface area contributed by atoms with Gasteiger partial charge < -0.3 is 10.0 Å². The molecule has 0 atom stereocenters. The van der Waals surface area contributed by atoms with Gasteiger partial charge in [0.25, 0.3) is 0 Å². The molecular formula is C11H16BNO2. The summed E-state index contributed by atoms with van der Waals surface area (Å²) in [5.74, 6) is 0. The predicted molar refractivity (Wildman–Crippen MR) is 62.7 cm³/mol. The maximum atomic E-state index is 9.20. The molecule has 0 aromatic carbocycles. The van der Waals surface area contributed by atoms with Crippen LogP contribution in [0.25, 0.3) is 6.08 Å². The summed E-state index contributed by atoms with van der Waals surface area (Å²) in [6.45, 7) is 6.00. The molecule has 0 fully saturated rings. The van der Waals surface area contributed by atoms with Gasteiger partial charge in [-0.2, -0.15) is 0 Å². The zero-order chi connectivity index (χ0) is 11.4. The maximum absolute atomic E-state index is 9.20. The smallest absolute Gasteiger partial charge is 0.423 e. The average Bonchev–Trinajstić information content (AvgIpc) is 2.20. The van der Waals surface area contributed by atoms with Crippen LogP contribution in [-0.4, -0.2) is 22.2 Å². The quantitative estimate of drug-likeness (QED) is 0.720. The van der Waals surface area contributed by atoms with Gasteiger partial charge in [0.1, 0.15) is 0 Å². The van der Waals surface area contributed by atoms with Crippen molar-refractivity contribution in [3.05, 3.63) is 29.1 Å². The van der Waals surface area contributed by atoms with Crippen LogP contribution in [0.3, 0.4) is 0 Å². The highest BCUT2D eigenvalue weighted by Gasteiger charge is 2.16. The highest BCUT2D eigenvalue weighted by atomic mass is 16.4. The third kappa shape index (κ3) is 2.91. The Balaban J connectivity index is 3.25. The second kappa shape index (κ2) is 5.10. The van der Waals surface area contributed by atoms with Gasteiger partial charge in [0.05, 0.1) is 0 Å². The SMILES string of the molecule is CC/C(C)=C\c1c(C)cncc1B(O)O. The number of allylic oxidation sites excluding steroid dienone is 1. The molecular weight excluding hydrogens is 189 g/mol. The zero-order valence-corrected chi connectivity index (χ0v) is 9.36. The molecule has 0 spiro atoms. The van der Waals surface area contributed by atoms with E-state index in [4.69, 9.17) is 0 Å². The highest BCUT2D eigenvalue weighted by molar-refractivity contribution is 6.59. The van der Waals surface area contributed by atoms with Crippen LogP contribution in [0.15, 0.2) is 18.0 Å². The Morgan fingerprint density at radius 1 is 1.47 bits per heavy atom. The summed E-state index contributed by atoms with van der Waals surface area (Å²) in [5.41, 5.74) is 3.47. The summed E-state index contributed by atoms with van der Waals surface area (Å²) in [6, 6.07) is 0. The molecule has 2 N–H and O–H groups in total. The number of hydrogen-bond donors (Lipinski definition) is 2. The summed E-state index contributed by atoms with van der Waals surface area (Å²) < 4.78 is 0. The Bertz CT molecular complexity index is 375. The fraction of sp³-hybridized carbons (Fsp3) is 0.364. The Kier molecular flexibility index (Phi) is 4.06. The van der Waals surface area contributed by atoms with Crippen LogP contribution in [-0.2, 0) is 0 Å². The van der Waals surface area contributed by atoms with Crippen LogP contribution in [0.2, 0.25) is 0 Å². The fourth-order valence-electron chi connectivity index (χ4n) is 1.35. The van der Waals surface area contributed by atoms with Crippen molar-refractivity contribution in [2.24, 2.45) is 0 Å². The van der Waals surface area contributed by atoms with Crippen LogP contribution < -0.4 is 5.46 Å². The molecule has 0 aliphatic heterocycles. The molecule has 1 aromatic heterocycles. The lowest BCUT2D eigenvalue weighted by atomic mass is 9.77. The Morgan fingerprint density at radius 2 is 2.13 bits per heavy atom. The molecule has 15 heavy (non-hydrogen) atoms. The molecule has 0 aliphatic rings. The number of pyridine rings is 1. The van der Waals surface area contributed by atoms with Crippen molar-refractivity contribution in [2.45, 2.75) is 27.2 Å². The van der Waals surface area contributed by atoms with Crippen molar-refractivity contribution in [1.82, 2.24) is 4.98 Å². The van der Waals surface area contributed by atoms with Gasteiger partial charge in [-0.1, -0.05) is 18.6 Å². The minimum Gasteiger partial charge on any atom is -0.423 e. The standard InChI is InChI=1S/C11H16BNO2/c1-4-8(2)5-10-9(3)6-13-7-11(10)12(14)15/h5-7,14-15H,4H2,1-3H3/b8-5-. The van der Waals surface area contributed by atoms with E-state index in [0.717, 1.165) is 17.5 Å². The van der Waals surface area contributed by atoms with E-state index in [1.807, 2.05) is 19.9 Å². The first-order chi connectivity index (χ1) is 7.06. The second-order valence-electron chi connectivity index (χ2n) is 3.68. The summed E-state index contributed by atoms with van der Waals surface area (Å²) in [5, 5.41) is 18.4. The molecule has 0 saturated carbocycles. The Labute approximate surface area is 90.6 Å². The van der Waals surface area contributed by atoms with Crippen molar-refractivity contribution in [3.63, 3.8) is 0 Å². The molecule has 0 radical (unpaired) electrons. The minimum absolute atomic E-state index is 0.461. The number of aryl methyl sites for hydroxylation is 1. The van der Waals surface area contributed by atoms with E-state index in [1.165, 1.54) is 11.8 Å². The molecule has 0 aliphatic carbocycles. The second-order valence-corrected chi connectivity index (χ2v) is 3.68. The van der Waals surface area contributed by atoms with Crippen LogP contribution >= 0.6 is 0 Å². The molecule has 3 nitrogen and oxygen atoms in total. The van der Waals surface area contributed by atoms with Crippen molar-refractivity contribution in [3.8, 4) is 0 Å². The van der Waals surface area contributed by atoms with E-state index >= 15 is 0 Å². The predicted octanol–water partition coefficient (Wildman–Crippen LogP) is 0.883. The van der Waals surface area contributed by atoms with E-state index in [1.54, 1.807) is 6.20 Å². The minimum atomic E-state index is -1.46. The van der Waals surface area contributed by atoms with Crippen LogP contribution in [0.5, 0.6) is 0 Å². The summed E-state index contributed by atoms with van der Waals surface area (Å²) in [7, 11) is -1.46. The third-order valence-corrected chi connectivity index (χ3v) is 2.44. The fourth-order valence-corrected chi connectivity index (χ4v) is 1.35. The molecule has 4 heteroatoms. The summed E-state index contributed by atoms with van der Waals surface area (Å²) in [4.78, 5) is 3.95. The normalized spacial score (nSPS) is 11.7. The largest absolute Gasteiger partial charge is 0.490 e. The molecule has 1 rings (SSSR count). The van der Waals surface area contributed by atoms with Gasteiger partial charge in [-0.3, -0.25) is 4.98 Å². The van der Waals surface area contributed by atoms with E-state index in [-0.39, 0.29) is 0 Å². The van der Waals surface area contributed by atoms with E-state index < -0.39 is 7.12 Å². The summed E-state index contributed by atoms with van der Waals surface area (Å²) >= 11 is 0. The van der Waals surface area contributed by atoms with E-state index in [9.17, 15) is 10.0 Å². The van der Waals surface area contributed by atoms with Crippen molar-refractivity contribution in [1.29, 1.82) is 0 Å². The number of aromatic nitrogens is 1. The van der Waals surface area contributed by atoms with Crippen molar-refractivity contribution >= 4 is 18.7 Å².